The first-order chi connectivity index (χ1) is 14.0. The summed E-state index contributed by atoms with van der Waals surface area (Å²) in [5.74, 6) is 0.178. The molecule has 2 aromatic rings. The van der Waals surface area contributed by atoms with Gasteiger partial charge in [-0.3, -0.25) is 19.2 Å². The molecule has 9 nitrogen and oxygen atoms in total. The zero-order chi connectivity index (χ0) is 22.5. The maximum Gasteiger partial charge on any atom is 0.271 e. The number of hydrogen-bond acceptors (Lipinski definition) is 6. The maximum atomic E-state index is 12.6. The fraction of sp³-hybridized carbons (Fsp3) is 0.350. The average molecular weight is 436 g/mol. The summed E-state index contributed by atoms with van der Waals surface area (Å²) < 4.78 is 30.9. The number of carbonyl (C=O) groups is 1. The van der Waals surface area contributed by atoms with Gasteiger partial charge in [-0.05, 0) is 44.0 Å². The summed E-state index contributed by atoms with van der Waals surface area (Å²) in [5, 5.41) is 13.8. The molecule has 0 radical (unpaired) electrons. The van der Waals surface area contributed by atoms with Crippen LogP contribution in [-0.2, 0) is 14.8 Å². The first-order valence-electron chi connectivity index (χ1n) is 9.27. The van der Waals surface area contributed by atoms with E-state index < -0.39 is 27.4 Å². The zero-order valence-corrected chi connectivity index (χ0v) is 18.1. The van der Waals surface area contributed by atoms with Crippen LogP contribution in [0.25, 0.3) is 0 Å². The number of aryl methyl sites for hydroxylation is 1. The Balaban J connectivity index is 2.20. The van der Waals surface area contributed by atoms with Crippen molar-refractivity contribution in [3.05, 3.63) is 63.7 Å². The molecular formula is C20H25N3O6S. The summed E-state index contributed by atoms with van der Waals surface area (Å²) in [5.41, 5.74) is 1.16. The van der Waals surface area contributed by atoms with Crippen LogP contribution in [-0.4, -0.2) is 38.7 Å². The molecule has 162 valence electrons. The van der Waals surface area contributed by atoms with Crippen molar-refractivity contribution in [2.45, 2.75) is 26.8 Å². The predicted molar refractivity (Wildman–Crippen MR) is 114 cm³/mol. The van der Waals surface area contributed by atoms with Crippen LogP contribution >= 0.6 is 0 Å². The molecule has 0 aliphatic carbocycles. The van der Waals surface area contributed by atoms with E-state index in [0.29, 0.717) is 17.9 Å². The lowest BCUT2D eigenvalue weighted by molar-refractivity contribution is -0.384. The van der Waals surface area contributed by atoms with Gasteiger partial charge >= 0.3 is 0 Å². The van der Waals surface area contributed by atoms with Crippen molar-refractivity contribution < 1.29 is 22.9 Å². The van der Waals surface area contributed by atoms with Crippen molar-refractivity contribution in [2.24, 2.45) is 0 Å². The summed E-state index contributed by atoms with van der Waals surface area (Å²) in [6.45, 7) is 5.33. The topological polar surface area (TPSA) is 119 Å². The molecule has 0 aromatic heterocycles. The van der Waals surface area contributed by atoms with E-state index in [1.807, 2.05) is 19.1 Å². The Morgan fingerprint density at radius 3 is 2.40 bits per heavy atom. The normalized spacial score (nSPS) is 12.1. The Bertz CT molecular complexity index is 1020. The molecule has 1 atom stereocenters. The van der Waals surface area contributed by atoms with Crippen LogP contribution in [0.1, 0.15) is 31.0 Å². The van der Waals surface area contributed by atoms with Gasteiger partial charge in [-0.1, -0.05) is 18.2 Å². The van der Waals surface area contributed by atoms with Gasteiger partial charge in [-0.15, -0.1) is 0 Å². The number of nitrogens with one attached hydrogen (secondary N) is 1. The SMILES string of the molecule is CCOc1ccc(C(C)NC(=O)CN(c2cc([N+](=O)[O-])ccc2C)S(C)(=O)=O)cc1. The predicted octanol–water partition coefficient (Wildman–Crippen LogP) is 2.95. The lowest BCUT2D eigenvalue weighted by Crippen LogP contribution is -2.41. The fourth-order valence-electron chi connectivity index (χ4n) is 2.88. The van der Waals surface area contributed by atoms with Crippen LogP contribution in [0.2, 0.25) is 0 Å². The number of sulfonamides is 1. The molecule has 0 heterocycles. The monoisotopic (exact) mass is 435 g/mol. The van der Waals surface area contributed by atoms with Gasteiger partial charge in [0.2, 0.25) is 15.9 Å². The van der Waals surface area contributed by atoms with E-state index in [2.05, 4.69) is 5.32 Å². The van der Waals surface area contributed by atoms with Gasteiger partial charge < -0.3 is 10.1 Å². The van der Waals surface area contributed by atoms with Gasteiger partial charge in [0.05, 0.1) is 29.5 Å². The Morgan fingerprint density at radius 1 is 1.23 bits per heavy atom. The van der Waals surface area contributed by atoms with Crippen molar-refractivity contribution >= 4 is 27.3 Å². The summed E-state index contributed by atoms with van der Waals surface area (Å²) in [6, 6.07) is 10.7. The quantitative estimate of drug-likeness (QED) is 0.478. The number of nitrogens with zero attached hydrogens (tertiary/aromatic N) is 2. The highest BCUT2D eigenvalue weighted by molar-refractivity contribution is 7.92. The molecule has 10 heteroatoms. The van der Waals surface area contributed by atoms with Gasteiger partial charge in [-0.25, -0.2) is 8.42 Å². The number of amides is 1. The molecule has 1 unspecified atom stereocenters. The molecule has 1 amide bonds. The second-order valence-corrected chi connectivity index (χ2v) is 8.70. The van der Waals surface area contributed by atoms with Gasteiger partial charge in [0.1, 0.15) is 12.3 Å². The molecule has 0 aliphatic heterocycles. The number of nitro benzene ring substituents is 1. The Labute approximate surface area is 175 Å². The molecule has 1 N–H and O–H groups in total. The van der Waals surface area contributed by atoms with Gasteiger partial charge in [0.15, 0.2) is 0 Å². The second-order valence-electron chi connectivity index (χ2n) is 6.79. The van der Waals surface area contributed by atoms with Crippen LogP contribution in [0.15, 0.2) is 42.5 Å². The maximum absolute atomic E-state index is 12.6. The third kappa shape index (κ3) is 5.93. The standard InChI is InChI=1S/C20H25N3O6S/c1-5-29-18-10-7-16(8-11-18)15(3)21-20(24)13-22(30(4,27)28)19-12-17(23(25)26)9-6-14(19)2/h6-12,15H,5,13H2,1-4H3,(H,21,24). The summed E-state index contributed by atoms with van der Waals surface area (Å²) in [4.78, 5) is 23.0. The summed E-state index contributed by atoms with van der Waals surface area (Å²) in [6.07, 6.45) is 0.953. The Hall–Kier alpha value is -3.14. The molecule has 0 fully saturated rings. The van der Waals surface area contributed by atoms with Crippen molar-refractivity contribution in [2.75, 3.05) is 23.7 Å². The second kappa shape index (κ2) is 9.57. The lowest BCUT2D eigenvalue weighted by atomic mass is 10.1. The molecule has 2 rings (SSSR count). The van der Waals surface area contributed by atoms with E-state index in [0.717, 1.165) is 22.2 Å². The van der Waals surface area contributed by atoms with Gasteiger partial charge in [0, 0.05) is 12.1 Å². The number of nitro groups is 1. The molecule has 30 heavy (non-hydrogen) atoms. The highest BCUT2D eigenvalue weighted by atomic mass is 32.2. The number of anilines is 1. The highest BCUT2D eigenvalue weighted by Gasteiger charge is 2.25. The molecule has 2 aromatic carbocycles. The average Bonchev–Trinajstić information content (AvgIpc) is 2.66. The van der Waals surface area contributed by atoms with Crippen molar-refractivity contribution in [1.82, 2.24) is 5.32 Å². The van der Waals surface area contributed by atoms with E-state index >= 15 is 0 Å². The fourth-order valence-corrected chi connectivity index (χ4v) is 3.79. The smallest absolute Gasteiger partial charge is 0.271 e. The van der Waals surface area contributed by atoms with Crippen molar-refractivity contribution in [3.8, 4) is 5.75 Å². The molecule has 0 aliphatic rings. The molecule has 0 saturated heterocycles. The third-order valence-corrected chi connectivity index (χ3v) is 5.55. The number of rotatable bonds is 9. The van der Waals surface area contributed by atoms with E-state index in [1.165, 1.54) is 12.1 Å². The zero-order valence-electron chi connectivity index (χ0n) is 17.3. The largest absolute Gasteiger partial charge is 0.494 e. The Morgan fingerprint density at radius 2 is 1.87 bits per heavy atom. The lowest BCUT2D eigenvalue weighted by Gasteiger charge is -2.24. The van der Waals surface area contributed by atoms with Gasteiger partial charge in [0.25, 0.3) is 5.69 Å². The van der Waals surface area contributed by atoms with E-state index in [-0.39, 0.29) is 17.4 Å². The molecular weight excluding hydrogens is 410 g/mol. The highest BCUT2D eigenvalue weighted by Crippen LogP contribution is 2.27. The Kier molecular flexibility index (Phi) is 7.38. The number of hydrogen-bond donors (Lipinski definition) is 1. The minimum absolute atomic E-state index is 0.0931. The number of benzene rings is 2. The number of carbonyl (C=O) groups excluding carboxylic acids is 1. The van der Waals surface area contributed by atoms with Crippen LogP contribution in [0.5, 0.6) is 5.75 Å². The number of non-ortho nitro benzene ring substituents is 1. The van der Waals surface area contributed by atoms with Crippen LogP contribution in [0.4, 0.5) is 11.4 Å². The van der Waals surface area contributed by atoms with Crippen LogP contribution in [0.3, 0.4) is 0 Å². The first-order valence-corrected chi connectivity index (χ1v) is 11.1. The summed E-state index contributed by atoms with van der Waals surface area (Å²) >= 11 is 0. The van der Waals surface area contributed by atoms with Crippen molar-refractivity contribution in [3.63, 3.8) is 0 Å². The molecule has 0 saturated carbocycles. The van der Waals surface area contributed by atoms with E-state index in [4.69, 9.17) is 4.74 Å². The summed E-state index contributed by atoms with van der Waals surface area (Å²) in [7, 11) is -3.86. The minimum Gasteiger partial charge on any atom is -0.494 e. The molecule has 0 spiro atoms. The number of ether oxygens (including phenoxy) is 1. The van der Waals surface area contributed by atoms with Crippen molar-refractivity contribution in [1.29, 1.82) is 0 Å². The van der Waals surface area contributed by atoms with Gasteiger partial charge in [-0.2, -0.15) is 0 Å². The molecule has 0 bridgehead atoms. The van der Waals surface area contributed by atoms with E-state index in [1.54, 1.807) is 26.0 Å². The third-order valence-electron chi connectivity index (χ3n) is 4.43. The van der Waals surface area contributed by atoms with Crippen LogP contribution in [0, 0.1) is 17.0 Å². The minimum atomic E-state index is -3.86. The first kappa shape index (κ1) is 23.1. The van der Waals surface area contributed by atoms with E-state index in [9.17, 15) is 23.3 Å². The van der Waals surface area contributed by atoms with Crippen LogP contribution < -0.4 is 14.4 Å².